The Morgan fingerprint density at radius 2 is 1.51 bits per heavy atom. The Morgan fingerprint density at radius 1 is 0.865 bits per heavy atom. The maximum absolute atomic E-state index is 12.6. The minimum absolute atomic E-state index is 0.0119. The number of carbonyl (C=O) groups excluding carboxylic acids is 2. The van der Waals surface area contributed by atoms with Crippen molar-refractivity contribution in [2.24, 2.45) is 0 Å². The van der Waals surface area contributed by atoms with E-state index in [-0.39, 0.29) is 31.1 Å². The number of carbonyl (C=O) groups is 3. The first kappa shape index (κ1) is 26.9. The molecule has 1 unspecified atom stereocenters. The first-order valence-corrected chi connectivity index (χ1v) is 11.1. The van der Waals surface area contributed by atoms with Gasteiger partial charge < -0.3 is 30.0 Å². The van der Waals surface area contributed by atoms with Crippen LogP contribution in [-0.2, 0) is 17.8 Å². The number of ether oxygens (including phenoxy) is 3. The van der Waals surface area contributed by atoms with Crippen LogP contribution in [0.3, 0.4) is 0 Å². The van der Waals surface area contributed by atoms with E-state index in [0.29, 0.717) is 11.5 Å². The van der Waals surface area contributed by atoms with Crippen LogP contribution in [0.25, 0.3) is 0 Å². The van der Waals surface area contributed by atoms with Crippen molar-refractivity contribution in [3.05, 3.63) is 83.4 Å². The van der Waals surface area contributed by atoms with Gasteiger partial charge in [-0.25, -0.2) is 14.8 Å². The number of carboxylic acid groups (broad SMARTS) is 1. The number of nitrogens with zero attached hydrogens (tertiary/aromatic N) is 2. The van der Waals surface area contributed by atoms with Gasteiger partial charge in [0.1, 0.15) is 35.8 Å². The molecule has 0 aliphatic rings. The lowest BCUT2D eigenvalue weighted by Crippen LogP contribution is -2.39. The molecular formula is C25H27N5O7. The van der Waals surface area contributed by atoms with Gasteiger partial charge in [-0.3, -0.25) is 14.9 Å². The molecule has 12 nitrogen and oxygen atoms in total. The fraction of sp³-hybridized carbons (Fsp3) is 0.240. The lowest BCUT2D eigenvalue weighted by molar-refractivity contribution is 0.0349. The number of methoxy groups -OCH3 is 2. The van der Waals surface area contributed by atoms with Gasteiger partial charge in [0, 0.05) is 26.3 Å². The molecule has 0 spiro atoms. The van der Waals surface area contributed by atoms with E-state index in [1.165, 1.54) is 13.2 Å². The first-order valence-electron chi connectivity index (χ1n) is 11.1. The molecule has 1 aromatic heterocycles. The summed E-state index contributed by atoms with van der Waals surface area (Å²) in [6, 6.07) is 15.5. The van der Waals surface area contributed by atoms with Gasteiger partial charge in [0.15, 0.2) is 6.23 Å². The highest BCUT2D eigenvalue weighted by Gasteiger charge is 2.14. The van der Waals surface area contributed by atoms with Crippen molar-refractivity contribution in [2.45, 2.75) is 19.3 Å². The maximum atomic E-state index is 12.6. The summed E-state index contributed by atoms with van der Waals surface area (Å²) < 4.78 is 15.7. The van der Waals surface area contributed by atoms with Crippen LogP contribution < -0.4 is 25.4 Å². The molecule has 0 saturated carbocycles. The number of amides is 3. The second-order valence-electron chi connectivity index (χ2n) is 7.63. The third-order valence-electron chi connectivity index (χ3n) is 5.07. The molecule has 37 heavy (non-hydrogen) atoms. The zero-order chi connectivity index (χ0) is 26.6. The molecule has 0 aliphatic carbocycles. The van der Waals surface area contributed by atoms with E-state index in [9.17, 15) is 14.4 Å². The average Bonchev–Trinajstić information content (AvgIpc) is 2.93. The average molecular weight is 510 g/mol. The highest BCUT2D eigenvalue weighted by Crippen LogP contribution is 2.14. The van der Waals surface area contributed by atoms with Crippen LogP contribution in [-0.4, -0.2) is 60.0 Å². The number of nitrogens with one attached hydrogen (secondary N) is 3. The van der Waals surface area contributed by atoms with E-state index < -0.39 is 24.1 Å². The molecule has 3 rings (SSSR count). The van der Waals surface area contributed by atoms with Gasteiger partial charge in [0.05, 0.1) is 7.11 Å². The monoisotopic (exact) mass is 509 g/mol. The summed E-state index contributed by atoms with van der Waals surface area (Å²) in [5, 5.41) is 16.4. The zero-order valence-corrected chi connectivity index (χ0v) is 20.3. The summed E-state index contributed by atoms with van der Waals surface area (Å²) in [4.78, 5) is 43.7. The lowest BCUT2D eigenvalue weighted by atomic mass is 10.2. The van der Waals surface area contributed by atoms with Crippen molar-refractivity contribution in [1.29, 1.82) is 0 Å². The second-order valence-corrected chi connectivity index (χ2v) is 7.63. The van der Waals surface area contributed by atoms with Crippen LogP contribution >= 0.6 is 0 Å². The van der Waals surface area contributed by atoms with Crippen molar-refractivity contribution >= 4 is 17.9 Å². The van der Waals surface area contributed by atoms with E-state index in [1.54, 1.807) is 31.4 Å². The largest absolute Gasteiger partial charge is 0.497 e. The molecule has 3 aromatic rings. The van der Waals surface area contributed by atoms with Crippen molar-refractivity contribution in [3.63, 3.8) is 0 Å². The molecule has 1 heterocycles. The van der Waals surface area contributed by atoms with E-state index in [1.807, 2.05) is 24.3 Å². The molecule has 0 saturated heterocycles. The number of aromatic nitrogens is 2. The molecular weight excluding hydrogens is 482 g/mol. The second kappa shape index (κ2) is 13.4. The first-order chi connectivity index (χ1) is 17.9. The Balaban J connectivity index is 1.50. The fourth-order valence-electron chi connectivity index (χ4n) is 3.12. The van der Waals surface area contributed by atoms with Crippen LogP contribution in [0, 0.1) is 0 Å². The van der Waals surface area contributed by atoms with E-state index in [4.69, 9.17) is 19.3 Å². The van der Waals surface area contributed by atoms with Crippen LogP contribution in [0.5, 0.6) is 11.5 Å². The smallest absolute Gasteiger partial charge is 0.406 e. The van der Waals surface area contributed by atoms with Gasteiger partial charge in [0.2, 0.25) is 0 Å². The van der Waals surface area contributed by atoms with E-state index in [0.717, 1.165) is 17.5 Å². The van der Waals surface area contributed by atoms with Crippen LogP contribution in [0.2, 0.25) is 0 Å². The third kappa shape index (κ3) is 8.47. The Labute approximate surface area is 213 Å². The number of benzene rings is 2. The molecule has 0 aliphatic heterocycles. The summed E-state index contributed by atoms with van der Waals surface area (Å²) in [7, 11) is 2.93. The summed E-state index contributed by atoms with van der Waals surface area (Å²) in [5.41, 5.74) is 1.76. The predicted molar refractivity (Wildman–Crippen MR) is 131 cm³/mol. The minimum Gasteiger partial charge on any atom is -0.497 e. The van der Waals surface area contributed by atoms with Gasteiger partial charge in [-0.15, -0.1) is 0 Å². The Hall–Kier alpha value is -4.71. The van der Waals surface area contributed by atoms with Gasteiger partial charge in [0.25, 0.3) is 11.8 Å². The predicted octanol–water partition coefficient (Wildman–Crippen LogP) is 1.96. The third-order valence-corrected chi connectivity index (χ3v) is 5.07. The maximum Gasteiger partial charge on any atom is 0.406 e. The molecule has 1 atom stereocenters. The molecule has 3 amide bonds. The van der Waals surface area contributed by atoms with Crippen LogP contribution in [0.4, 0.5) is 4.79 Å². The zero-order valence-electron chi connectivity index (χ0n) is 20.3. The highest BCUT2D eigenvalue weighted by atomic mass is 16.5. The van der Waals surface area contributed by atoms with Gasteiger partial charge >= 0.3 is 6.09 Å². The molecule has 4 N–H and O–H groups in total. The summed E-state index contributed by atoms with van der Waals surface area (Å²) in [6.45, 7) is 0.466. The van der Waals surface area contributed by atoms with Crippen molar-refractivity contribution in [2.75, 3.05) is 20.8 Å². The molecule has 0 fully saturated rings. The quantitative estimate of drug-likeness (QED) is 0.268. The lowest BCUT2D eigenvalue weighted by Gasteiger charge is -2.16. The summed E-state index contributed by atoms with van der Waals surface area (Å²) in [5.74, 6) is 0.281. The normalized spacial score (nSPS) is 11.2. The number of hydrogen-bond donors (Lipinski definition) is 4. The topological polar surface area (TPSA) is 161 Å². The fourth-order valence-corrected chi connectivity index (χ4v) is 3.12. The van der Waals surface area contributed by atoms with E-state index in [2.05, 4.69) is 25.9 Å². The van der Waals surface area contributed by atoms with Crippen LogP contribution in [0.1, 0.15) is 32.1 Å². The standard InChI is InChI=1S/C25H27N5O7/c1-35-19-5-3-4-17(10-19)13-27-24(32)21-11-20(28-15-29-21)23(31)26-12-16-6-8-18(9-7-16)37-14-22(36-2)30-25(33)34/h3-11,15,22,30H,12-14H2,1-2H3,(H,26,31)(H,27,32)(H,33,34). The van der Waals surface area contributed by atoms with Crippen molar-refractivity contribution in [1.82, 2.24) is 25.9 Å². The molecule has 12 heteroatoms. The highest BCUT2D eigenvalue weighted by molar-refractivity contribution is 5.97. The molecule has 0 bridgehead atoms. The molecule has 0 radical (unpaired) electrons. The van der Waals surface area contributed by atoms with E-state index >= 15 is 0 Å². The minimum atomic E-state index is -1.22. The van der Waals surface area contributed by atoms with Gasteiger partial charge in [-0.05, 0) is 35.4 Å². The summed E-state index contributed by atoms with van der Waals surface area (Å²) >= 11 is 0. The Kier molecular flexibility index (Phi) is 9.74. The van der Waals surface area contributed by atoms with Gasteiger partial charge in [-0.1, -0.05) is 24.3 Å². The van der Waals surface area contributed by atoms with Crippen molar-refractivity contribution < 1.29 is 33.7 Å². The van der Waals surface area contributed by atoms with Gasteiger partial charge in [-0.2, -0.15) is 0 Å². The number of rotatable bonds is 12. The Morgan fingerprint density at radius 3 is 2.11 bits per heavy atom. The molecule has 2 aromatic carbocycles. The van der Waals surface area contributed by atoms with Crippen molar-refractivity contribution in [3.8, 4) is 11.5 Å². The molecule has 194 valence electrons. The number of hydrogen-bond acceptors (Lipinski definition) is 8. The van der Waals surface area contributed by atoms with Crippen LogP contribution in [0.15, 0.2) is 60.9 Å². The summed E-state index contributed by atoms with van der Waals surface area (Å²) in [6.07, 6.45) is -0.863. The Bertz CT molecular complexity index is 1220. The SMILES string of the molecule is COc1cccc(CNC(=O)c2cc(C(=O)NCc3ccc(OCC(NC(=O)O)OC)cc3)ncn2)c1.